The SMILES string of the molecule is CC1N=C(N)NC(N(C)c2ccccc2)=N1. The summed E-state index contributed by atoms with van der Waals surface area (Å²) in [5.74, 6) is 1.12. The number of benzene rings is 1. The van der Waals surface area contributed by atoms with Crippen LogP contribution in [0.2, 0.25) is 0 Å². The standard InChI is InChI=1S/C11H15N5/c1-8-13-10(12)15-11(14-8)16(2)9-6-4-3-5-7-9/h3-8H,1-2H3,(H3,12,13,14,15). The minimum atomic E-state index is -0.137. The average molecular weight is 217 g/mol. The number of hydrogen-bond acceptors (Lipinski definition) is 5. The van der Waals surface area contributed by atoms with Crippen molar-refractivity contribution in [3.63, 3.8) is 0 Å². The summed E-state index contributed by atoms with van der Waals surface area (Å²) in [6, 6.07) is 9.96. The quantitative estimate of drug-likeness (QED) is 0.729. The van der Waals surface area contributed by atoms with Crippen molar-refractivity contribution in [3.05, 3.63) is 30.3 Å². The van der Waals surface area contributed by atoms with Gasteiger partial charge in [-0.25, -0.2) is 9.98 Å². The highest BCUT2D eigenvalue weighted by Crippen LogP contribution is 2.12. The van der Waals surface area contributed by atoms with Gasteiger partial charge in [-0.1, -0.05) is 18.2 Å². The smallest absolute Gasteiger partial charge is 0.207 e. The summed E-state index contributed by atoms with van der Waals surface area (Å²) in [4.78, 5) is 10.4. The first kappa shape index (κ1) is 10.5. The van der Waals surface area contributed by atoms with Crippen LogP contribution < -0.4 is 16.0 Å². The molecule has 0 saturated carbocycles. The van der Waals surface area contributed by atoms with Crippen LogP contribution in [-0.2, 0) is 0 Å². The van der Waals surface area contributed by atoms with Crippen molar-refractivity contribution in [1.82, 2.24) is 5.32 Å². The van der Waals surface area contributed by atoms with E-state index < -0.39 is 0 Å². The van der Waals surface area contributed by atoms with Gasteiger partial charge in [-0.3, -0.25) is 5.32 Å². The molecule has 0 aromatic heterocycles. The molecule has 0 amide bonds. The summed E-state index contributed by atoms with van der Waals surface area (Å²) in [6.45, 7) is 1.90. The predicted molar refractivity (Wildman–Crippen MR) is 66.5 cm³/mol. The Morgan fingerprint density at radius 2 is 1.94 bits per heavy atom. The number of anilines is 1. The third-order valence-corrected chi connectivity index (χ3v) is 2.34. The van der Waals surface area contributed by atoms with Gasteiger partial charge in [0.05, 0.1) is 0 Å². The number of guanidine groups is 2. The molecule has 1 atom stereocenters. The maximum Gasteiger partial charge on any atom is 0.207 e. The highest BCUT2D eigenvalue weighted by molar-refractivity contribution is 6.06. The van der Waals surface area contributed by atoms with Gasteiger partial charge in [0, 0.05) is 12.7 Å². The van der Waals surface area contributed by atoms with Gasteiger partial charge in [-0.15, -0.1) is 0 Å². The van der Waals surface area contributed by atoms with Gasteiger partial charge in [0.2, 0.25) is 5.96 Å². The lowest BCUT2D eigenvalue weighted by molar-refractivity contribution is 0.760. The van der Waals surface area contributed by atoms with E-state index >= 15 is 0 Å². The van der Waals surface area contributed by atoms with Gasteiger partial charge in [0.15, 0.2) is 5.96 Å². The molecule has 3 N–H and O–H groups in total. The minimum absolute atomic E-state index is 0.137. The number of nitrogens with zero attached hydrogens (tertiary/aromatic N) is 3. The van der Waals surface area contributed by atoms with Crippen LogP contribution in [0.1, 0.15) is 6.92 Å². The molecular formula is C11H15N5. The Balaban J connectivity index is 2.20. The van der Waals surface area contributed by atoms with Gasteiger partial charge < -0.3 is 10.6 Å². The summed E-state index contributed by atoms with van der Waals surface area (Å²) in [7, 11) is 1.94. The van der Waals surface area contributed by atoms with E-state index in [1.807, 2.05) is 49.2 Å². The third kappa shape index (κ3) is 2.13. The van der Waals surface area contributed by atoms with E-state index in [-0.39, 0.29) is 6.17 Å². The second kappa shape index (κ2) is 4.22. The van der Waals surface area contributed by atoms with E-state index in [1.165, 1.54) is 0 Å². The summed E-state index contributed by atoms with van der Waals surface area (Å²) in [5.41, 5.74) is 6.71. The van der Waals surface area contributed by atoms with E-state index in [2.05, 4.69) is 15.3 Å². The Morgan fingerprint density at radius 3 is 2.56 bits per heavy atom. The third-order valence-electron chi connectivity index (χ3n) is 2.34. The summed E-state index contributed by atoms with van der Waals surface area (Å²) < 4.78 is 0. The van der Waals surface area contributed by atoms with Crippen LogP contribution in [0, 0.1) is 0 Å². The molecule has 16 heavy (non-hydrogen) atoms. The van der Waals surface area contributed by atoms with Crippen molar-refractivity contribution in [2.45, 2.75) is 13.1 Å². The molecule has 1 unspecified atom stereocenters. The van der Waals surface area contributed by atoms with E-state index in [1.54, 1.807) is 0 Å². The molecule has 1 aliphatic heterocycles. The number of hydrogen-bond donors (Lipinski definition) is 2. The largest absolute Gasteiger partial charge is 0.370 e. The zero-order chi connectivity index (χ0) is 11.5. The van der Waals surface area contributed by atoms with Crippen LogP contribution in [0.15, 0.2) is 40.3 Å². The molecule has 0 fully saturated rings. The van der Waals surface area contributed by atoms with Gasteiger partial charge in [0.1, 0.15) is 6.17 Å². The molecule has 1 aromatic carbocycles. The Hall–Kier alpha value is -2.04. The monoisotopic (exact) mass is 217 g/mol. The van der Waals surface area contributed by atoms with Gasteiger partial charge in [0.25, 0.3) is 0 Å². The Morgan fingerprint density at radius 1 is 1.25 bits per heavy atom. The van der Waals surface area contributed by atoms with Crippen LogP contribution in [-0.4, -0.2) is 25.1 Å². The van der Waals surface area contributed by atoms with Crippen LogP contribution in [0.4, 0.5) is 5.69 Å². The van der Waals surface area contributed by atoms with Gasteiger partial charge in [-0.05, 0) is 19.1 Å². The molecule has 5 heteroatoms. The van der Waals surface area contributed by atoms with Crippen molar-refractivity contribution >= 4 is 17.6 Å². The lowest BCUT2D eigenvalue weighted by atomic mass is 10.3. The first-order chi connectivity index (χ1) is 7.66. The Bertz CT molecular complexity index is 423. The number of para-hydroxylation sites is 1. The molecule has 0 aliphatic carbocycles. The molecule has 5 nitrogen and oxygen atoms in total. The van der Waals surface area contributed by atoms with E-state index in [9.17, 15) is 0 Å². The second-order valence-corrected chi connectivity index (χ2v) is 3.62. The first-order valence-electron chi connectivity index (χ1n) is 5.13. The number of nitrogens with one attached hydrogen (secondary N) is 1. The summed E-state index contributed by atoms with van der Waals surface area (Å²) in [6.07, 6.45) is -0.137. The van der Waals surface area contributed by atoms with E-state index in [0.29, 0.717) is 11.9 Å². The maximum atomic E-state index is 5.66. The highest BCUT2D eigenvalue weighted by Gasteiger charge is 2.15. The summed E-state index contributed by atoms with van der Waals surface area (Å²) in [5, 5.41) is 2.95. The second-order valence-electron chi connectivity index (χ2n) is 3.62. The van der Waals surface area contributed by atoms with Crippen molar-refractivity contribution < 1.29 is 0 Å². The fourth-order valence-electron chi connectivity index (χ4n) is 1.53. The lowest BCUT2D eigenvalue weighted by Crippen LogP contribution is -2.48. The molecule has 0 bridgehead atoms. The molecule has 1 aromatic rings. The maximum absolute atomic E-state index is 5.66. The van der Waals surface area contributed by atoms with Crippen molar-refractivity contribution in [1.29, 1.82) is 0 Å². The highest BCUT2D eigenvalue weighted by atomic mass is 15.4. The number of aliphatic imine (C=N–C) groups is 2. The molecule has 0 radical (unpaired) electrons. The van der Waals surface area contributed by atoms with Crippen LogP contribution in [0.25, 0.3) is 0 Å². The Labute approximate surface area is 94.7 Å². The van der Waals surface area contributed by atoms with Crippen LogP contribution in [0.5, 0.6) is 0 Å². The molecule has 1 aliphatic rings. The van der Waals surface area contributed by atoms with Gasteiger partial charge >= 0.3 is 0 Å². The molecular weight excluding hydrogens is 202 g/mol. The van der Waals surface area contributed by atoms with E-state index in [4.69, 9.17) is 5.73 Å². The molecule has 2 rings (SSSR count). The summed E-state index contributed by atoms with van der Waals surface area (Å²) >= 11 is 0. The number of rotatable bonds is 1. The Kier molecular flexibility index (Phi) is 2.76. The molecule has 0 spiro atoms. The molecule has 1 heterocycles. The van der Waals surface area contributed by atoms with E-state index in [0.717, 1.165) is 5.69 Å². The normalized spacial score (nSPS) is 19.5. The lowest BCUT2D eigenvalue weighted by Gasteiger charge is -2.25. The van der Waals surface area contributed by atoms with Crippen LogP contribution >= 0.6 is 0 Å². The zero-order valence-corrected chi connectivity index (χ0v) is 9.38. The van der Waals surface area contributed by atoms with Crippen molar-refractivity contribution in [2.24, 2.45) is 15.7 Å². The predicted octanol–water partition coefficient (Wildman–Crippen LogP) is 0.743. The van der Waals surface area contributed by atoms with Crippen LogP contribution in [0.3, 0.4) is 0 Å². The topological polar surface area (TPSA) is 66.0 Å². The first-order valence-corrected chi connectivity index (χ1v) is 5.13. The molecule has 84 valence electrons. The van der Waals surface area contributed by atoms with Crippen molar-refractivity contribution in [3.8, 4) is 0 Å². The fourth-order valence-corrected chi connectivity index (χ4v) is 1.53. The molecule has 0 saturated heterocycles. The van der Waals surface area contributed by atoms with Crippen molar-refractivity contribution in [2.75, 3.05) is 11.9 Å². The number of nitrogens with two attached hydrogens (primary N) is 1. The minimum Gasteiger partial charge on any atom is -0.370 e. The fraction of sp³-hybridized carbons (Fsp3) is 0.273. The zero-order valence-electron chi connectivity index (χ0n) is 9.38. The van der Waals surface area contributed by atoms with Gasteiger partial charge in [-0.2, -0.15) is 0 Å². The average Bonchev–Trinajstić information content (AvgIpc) is 2.28.